The van der Waals surface area contributed by atoms with Crippen molar-refractivity contribution in [2.45, 2.75) is 30.1 Å². The van der Waals surface area contributed by atoms with Crippen LogP contribution in [-0.4, -0.2) is 6.54 Å². The summed E-state index contributed by atoms with van der Waals surface area (Å²) in [7, 11) is 0. The molecule has 0 saturated carbocycles. The standard InChI is InChI=1S/C16H18FNS/c1-11-3-4-12(2)16(9-11)19-15-6-5-13(7-8-18)10-14(15)17/h3-6,9-10H,7-8,18H2,1-2H3. The number of nitrogens with two attached hydrogens (primary N) is 1. The van der Waals surface area contributed by atoms with Gasteiger partial charge in [0.15, 0.2) is 0 Å². The first kappa shape index (κ1) is 14.1. The topological polar surface area (TPSA) is 26.0 Å². The van der Waals surface area contributed by atoms with Crippen molar-refractivity contribution < 1.29 is 4.39 Å². The van der Waals surface area contributed by atoms with Crippen LogP contribution in [0.2, 0.25) is 0 Å². The van der Waals surface area contributed by atoms with E-state index in [0.717, 1.165) is 10.5 Å². The van der Waals surface area contributed by atoms with Crippen LogP contribution in [-0.2, 0) is 6.42 Å². The van der Waals surface area contributed by atoms with Crippen molar-refractivity contribution in [2.24, 2.45) is 5.73 Å². The number of aryl methyl sites for hydroxylation is 2. The Bertz CT molecular complexity index is 581. The summed E-state index contributed by atoms with van der Waals surface area (Å²) in [5, 5.41) is 0. The average Bonchev–Trinajstić information content (AvgIpc) is 2.37. The molecule has 0 spiro atoms. The first-order valence-corrected chi connectivity index (χ1v) is 7.15. The van der Waals surface area contributed by atoms with Gasteiger partial charge in [0.2, 0.25) is 0 Å². The van der Waals surface area contributed by atoms with E-state index in [1.54, 1.807) is 6.07 Å². The summed E-state index contributed by atoms with van der Waals surface area (Å²) >= 11 is 1.48. The van der Waals surface area contributed by atoms with Crippen molar-refractivity contribution in [1.29, 1.82) is 0 Å². The molecule has 0 saturated heterocycles. The maximum absolute atomic E-state index is 14.0. The summed E-state index contributed by atoms with van der Waals surface area (Å²) in [6.45, 7) is 4.63. The van der Waals surface area contributed by atoms with Crippen LogP contribution < -0.4 is 5.73 Å². The van der Waals surface area contributed by atoms with Gasteiger partial charge in [-0.2, -0.15) is 0 Å². The van der Waals surface area contributed by atoms with Crippen LogP contribution in [0.5, 0.6) is 0 Å². The molecule has 0 atom stereocenters. The highest BCUT2D eigenvalue weighted by molar-refractivity contribution is 7.99. The van der Waals surface area contributed by atoms with Crippen molar-refractivity contribution in [3.05, 3.63) is 58.9 Å². The summed E-state index contributed by atoms with van der Waals surface area (Å²) in [5.74, 6) is -0.170. The Morgan fingerprint density at radius 2 is 1.84 bits per heavy atom. The Kier molecular flexibility index (Phi) is 4.61. The van der Waals surface area contributed by atoms with Gasteiger partial charge < -0.3 is 5.73 Å². The second-order valence-corrected chi connectivity index (χ2v) is 5.76. The van der Waals surface area contributed by atoms with Crippen molar-refractivity contribution in [3.63, 3.8) is 0 Å². The van der Waals surface area contributed by atoms with Crippen molar-refractivity contribution >= 4 is 11.8 Å². The Morgan fingerprint density at radius 1 is 1.05 bits per heavy atom. The second-order valence-electron chi connectivity index (χ2n) is 4.67. The predicted molar refractivity (Wildman–Crippen MR) is 79.2 cm³/mol. The van der Waals surface area contributed by atoms with Crippen LogP contribution in [0.4, 0.5) is 4.39 Å². The van der Waals surface area contributed by atoms with Gasteiger partial charge in [-0.1, -0.05) is 30.0 Å². The third kappa shape index (κ3) is 3.58. The zero-order chi connectivity index (χ0) is 13.8. The molecule has 0 fully saturated rings. The molecule has 1 nitrogen and oxygen atoms in total. The minimum Gasteiger partial charge on any atom is -0.330 e. The molecule has 0 bridgehead atoms. The fourth-order valence-electron chi connectivity index (χ4n) is 1.89. The van der Waals surface area contributed by atoms with Crippen molar-refractivity contribution in [2.75, 3.05) is 6.54 Å². The Balaban J connectivity index is 2.25. The fourth-order valence-corrected chi connectivity index (χ4v) is 2.89. The third-order valence-electron chi connectivity index (χ3n) is 2.99. The van der Waals surface area contributed by atoms with E-state index in [4.69, 9.17) is 5.73 Å². The minimum absolute atomic E-state index is 0.170. The summed E-state index contributed by atoms with van der Waals surface area (Å²) in [5.41, 5.74) is 8.79. The van der Waals surface area contributed by atoms with Gasteiger partial charge in [-0.3, -0.25) is 0 Å². The number of hydrogen-bond donors (Lipinski definition) is 1. The van der Waals surface area contributed by atoms with Gasteiger partial charge >= 0.3 is 0 Å². The van der Waals surface area contributed by atoms with E-state index >= 15 is 0 Å². The normalized spacial score (nSPS) is 10.7. The van der Waals surface area contributed by atoms with E-state index in [1.165, 1.54) is 22.9 Å². The lowest BCUT2D eigenvalue weighted by molar-refractivity contribution is 0.599. The molecule has 0 aliphatic heterocycles. The maximum atomic E-state index is 14.0. The predicted octanol–water partition coefficient (Wildman–Crippen LogP) is 4.09. The zero-order valence-corrected chi connectivity index (χ0v) is 12.1. The van der Waals surface area contributed by atoms with Crippen LogP contribution in [0.1, 0.15) is 16.7 Å². The van der Waals surface area contributed by atoms with Crippen LogP contribution in [0.3, 0.4) is 0 Å². The highest BCUT2D eigenvalue weighted by Gasteiger charge is 2.07. The van der Waals surface area contributed by atoms with Gasteiger partial charge in [0, 0.05) is 9.79 Å². The van der Waals surface area contributed by atoms with Crippen LogP contribution >= 0.6 is 11.8 Å². The molecular formula is C16H18FNS. The van der Waals surface area contributed by atoms with Gasteiger partial charge in [0.25, 0.3) is 0 Å². The molecule has 0 radical (unpaired) electrons. The Hall–Kier alpha value is -1.32. The summed E-state index contributed by atoms with van der Waals surface area (Å²) < 4.78 is 14.0. The van der Waals surface area contributed by atoms with E-state index < -0.39 is 0 Å². The molecule has 0 aliphatic rings. The second kappa shape index (κ2) is 6.22. The maximum Gasteiger partial charge on any atom is 0.137 e. The number of benzene rings is 2. The van der Waals surface area contributed by atoms with Gasteiger partial charge in [-0.25, -0.2) is 4.39 Å². The monoisotopic (exact) mass is 275 g/mol. The number of halogens is 1. The van der Waals surface area contributed by atoms with Crippen LogP contribution in [0, 0.1) is 19.7 Å². The van der Waals surface area contributed by atoms with E-state index in [2.05, 4.69) is 18.2 Å². The lowest BCUT2D eigenvalue weighted by Crippen LogP contribution is -2.02. The van der Waals surface area contributed by atoms with E-state index in [0.29, 0.717) is 17.9 Å². The zero-order valence-electron chi connectivity index (χ0n) is 11.2. The quantitative estimate of drug-likeness (QED) is 0.909. The molecule has 0 aromatic heterocycles. The molecular weight excluding hydrogens is 257 g/mol. The van der Waals surface area contributed by atoms with Gasteiger partial charge in [-0.05, 0) is 61.7 Å². The molecule has 2 aromatic carbocycles. The lowest BCUT2D eigenvalue weighted by Gasteiger charge is -2.09. The molecule has 0 amide bonds. The molecule has 0 heterocycles. The summed E-state index contributed by atoms with van der Waals surface area (Å²) in [6, 6.07) is 11.6. The van der Waals surface area contributed by atoms with Crippen LogP contribution in [0.15, 0.2) is 46.2 Å². The Labute approximate surface area is 118 Å². The van der Waals surface area contributed by atoms with Crippen LogP contribution in [0.25, 0.3) is 0 Å². The molecule has 19 heavy (non-hydrogen) atoms. The van der Waals surface area contributed by atoms with E-state index in [-0.39, 0.29) is 5.82 Å². The minimum atomic E-state index is -0.170. The molecule has 2 aromatic rings. The SMILES string of the molecule is Cc1ccc(C)c(Sc2ccc(CCN)cc2F)c1. The molecule has 0 aliphatic carbocycles. The van der Waals surface area contributed by atoms with E-state index in [9.17, 15) is 4.39 Å². The Morgan fingerprint density at radius 3 is 2.53 bits per heavy atom. The van der Waals surface area contributed by atoms with Crippen molar-refractivity contribution in [3.8, 4) is 0 Å². The van der Waals surface area contributed by atoms with Gasteiger partial charge in [0.05, 0.1) is 0 Å². The number of hydrogen-bond acceptors (Lipinski definition) is 2. The highest BCUT2D eigenvalue weighted by atomic mass is 32.2. The van der Waals surface area contributed by atoms with Gasteiger partial charge in [0.1, 0.15) is 5.82 Å². The third-order valence-corrected chi connectivity index (χ3v) is 4.20. The summed E-state index contributed by atoms with van der Waals surface area (Å²) in [4.78, 5) is 1.76. The fraction of sp³-hybridized carbons (Fsp3) is 0.250. The number of rotatable bonds is 4. The molecule has 2 rings (SSSR count). The lowest BCUT2D eigenvalue weighted by atomic mass is 10.1. The summed E-state index contributed by atoms with van der Waals surface area (Å²) in [6.07, 6.45) is 0.714. The van der Waals surface area contributed by atoms with Crippen molar-refractivity contribution in [1.82, 2.24) is 0 Å². The average molecular weight is 275 g/mol. The largest absolute Gasteiger partial charge is 0.330 e. The molecule has 3 heteroatoms. The van der Waals surface area contributed by atoms with E-state index in [1.807, 2.05) is 26.0 Å². The first-order chi connectivity index (χ1) is 9.10. The molecule has 2 N–H and O–H groups in total. The smallest absolute Gasteiger partial charge is 0.137 e. The molecule has 0 unspecified atom stereocenters. The first-order valence-electron chi connectivity index (χ1n) is 6.34. The molecule has 100 valence electrons. The van der Waals surface area contributed by atoms with Gasteiger partial charge in [-0.15, -0.1) is 0 Å². The highest BCUT2D eigenvalue weighted by Crippen LogP contribution is 2.33.